The molecule has 0 unspecified atom stereocenters. The molecule has 4 rings (SSSR count). The fourth-order valence-corrected chi connectivity index (χ4v) is 4.55. The van der Waals surface area contributed by atoms with Crippen molar-refractivity contribution in [3.8, 4) is 0 Å². The average Bonchev–Trinajstić information content (AvgIpc) is 2.73. The minimum atomic E-state index is 0.0837. The molecule has 0 spiro atoms. The number of hydrogen-bond donors (Lipinski definition) is 0. The summed E-state index contributed by atoms with van der Waals surface area (Å²) in [5.41, 5.74) is 2.14. The normalized spacial score (nSPS) is 17.0. The van der Waals surface area contributed by atoms with Gasteiger partial charge in [0.2, 0.25) is 11.8 Å². The first-order valence-electron chi connectivity index (χ1n) is 9.32. The first kappa shape index (κ1) is 17.9. The van der Waals surface area contributed by atoms with Crippen molar-refractivity contribution in [3.05, 3.63) is 54.6 Å². The molecule has 0 aliphatic carbocycles. The van der Waals surface area contributed by atoms with Gasteiger partial charge in [0.05, 0.1) is 11.4 Å². The lowest BCUT2D eigenvalue weighted by Crippen LogP contribution is -2.49. The number of thioether (sulfide) groups is 1. The summed E-state index contributed by atoms with van der Waals surface area (Å²) < 4.78 is 0. The van der Waals surface area contributed by atoms with Crippen molar-refractivity contribution in [1.82, 2.24) is 4.90 Å². The van der Waals surface area contributed by atoms with Gasteiger partial charge >= 0.3 is 0 Å². The van der Waals surface area contributed by atoms with E-state index in [-0.39, 0.29) is 11.8 Å². The van der Waals surface area contributed by atoms with E-state index in [2.05, 4.69) is 17.0 Å². The first-order chi connectivity index (χ1) is 13.2. The van der Waals surface area contributed by atoms with Gasteiger partial charge in [-0.3, -0.25) is 9.59 Å². The van der Waals surface area contributed by atoms with Gasteiger partial charge in [0.25, 0.3) is 0 Å². The van der Waals surface area contributed by atoms with Crippen molar-refractivity contribution < 1.29 is 9.59 Å². The Kier molecular flexibility index (Phi) is 5.34. The van der Waals surface area contributed by atoms with Crippen molar-refractivity contribution in [3.63, 3.8) is 0 Å². The highest BCUT2D eigenvalue weighted by Crippen LogP contribution is 2.34. The van der Waals surface area contributed by atoms with Crippen LogP contribution in [-0.4, -0.2) is 55.2 Å². The smallest absolute Gasteiger partial charge is 0.237 e. The van der Waals surface area contributed by atoms with Crippen molar-refractivity contribution in [1.29, 1.82) is 0 Å². The lowest BCUT2D eigenvalue weighted by molar-refractivity contribution is -0.131. The van der Waals surface area contributed by atoms with Gasteiger partial charge in [-0.1, -0.05) is 30.3 Å². The number of carbonyl (C=O) groups is 2. The maximum absolute atomic E-state index is 12.7. The van der Waals surface area contributed by atoms with E-state index in [0.29, 0.717) is 18.7 Å². The number of piperazine rings is 1. The predicted octanol–water partition coefficient (Wildman–Crippen LogP) is 2.86. The Balaban J connectivity index is 1.32. The minimum Gasteiger partial charge on any atom is -0.368 e. The Morgan fingerprint density at radius 2 is 1.63 bits per heavy atom. The lowest BCUT2D eigenvalue weighted by Gasteiger charge is -2.36. The molecule has 2 aromatic carbocycles. The Labute approximate surface area is 163 Å². The van der Waals surface area contributed by atoms with E-state index < -0.39 is 0 Å². The second-order valence-corrected chi connectivity index (χ2v) is 7.77. The van der Waals surface area contributed by atoms with Crippen molar-refractivity contribution >= 4 is 35.0 Å². The molecule has 0 atom stereocenters. The summed E-state index contributed by atoms with van der Waals surface area (Å²) in [6.45, 7) is 3.60. The van der Waals surface area contributed by atoms with Gasteiger partial charge in [-0.15, -0.1) is 11.8 Å². The molecule has 0 bridgehead atoms. The lowest BCUT2D eigenvalue weighted by atomic mass is 10.2. The third kappa shape index (κ3) is 3.95. The van der Waals surface area contributed by atoms with E-state index in [4.69, 9.17) is 0 Å². The van der Waals surface area contributed by atoms with Crippen LogP contribution in [0.5, 0.6) is 0 Å². The average molecular weight is 382 g/mol. The molecule has 0 saturated carbocycles. The maximum atomic E-state index is 12.7. The Hall–Kier alpha value is -2.47. The standard InChI is InChI=1S/C21H23N3O2S/c25-20(23-14-12-22(13-15-23)17-6-2-1-3-7-17)10-11-24-18-8-4-5-9-19(18)27-16-21(24)26/h1-9H,10-16H2. The third-order valence-corrected chi connectivity index (χ3v) is 6.16. The van der Waals surface area contributed by atoms with E-state index in [0.717, 1.165) is 36.8 Å². The Morgan fingerprint density at radius 3 is 2.41 bits per heavy atom. The summed E-state index contributed by atoms with van der Waals surface area (Å²) in [5, 5.41) is 0. The fraction of sp³-hybridized carbons (Fsp3) is 0.333. The maximum Gasteiger partial charge on any atom is 0.237 e. The Bertz CT molecular complexity index is 819. The van der Waals surface area contributed by atoms with Crippen LogP contribution >= 0.6 is 11.8 Å². The van der Waals surface area contributed by atoms with Crippen molar-refractivity contribution in [2.45, 2.75) is 11.3 Å². The van der Waals surface area contributed by atoms with Crippen molar-refractivity contribution in [2.75, 3.05) is 48.3 Å². The van der Waals surface area contributed by atoms with Crippen LogP contribution in [0.25, 0.3) is 0 Å². The molecule has 2 amide bonds. The highest BCUT2D eigenvalue weighted by Gasteiger charge is 2.26. The zero-order valence-electron chi connectivity index (χ0n) is 15.2. The third-order valence-electron chi connectivity index (χ3n) is 5.11. The van der Waals surface area contributed by atoms with Crippen LogP contribution in [0.4, 0.5) is 11.4 Å². The zero-order chi connectivity index (χ0) is 18.6. The summed E-state index contributed by atoms with van der Waals surface area (Å²) >= 11 is 1.57. The number of hydrogen-bond acceptors (Lipinski definition) is 4. The van der Waals surface area contributed by atoms with E-state index in [1.165, 1.54) is 5.69 Å². The molecule has 27 heavy (non-hydrogen) atoms. The SMILES string of the molecule is O=C(CCN1C(=O)CSc2ccccc21)N1CCN(c2ccccc2)CC1. The monoisotopic (exact) mass is 381 g/mol. The van der Waals surface area contributed by atoms with Crippen molar-refractivity contribution in [2.24, 2.45) is 0 Å². The quantitative estimate of drug-likeness (QED) is 0.817. The van der Waals surface area contributed by atoms with Gasteiger partial charge in [-0.25, -0.2) is 0 Å². The van der Waals surface area contributed by atoms with Gasteiger partial charge in [0, 0.05) is 49.7 Å². The van der Waals surface area contributed by atoms with Gasteiger partial charge in [-0.05, 0) is 24.3 Å². The molecule has 2 heterocycles. The number of carbonyl (C=O) groups excluding carboxylic acids is 2. The molecular formula is C21H23N3O2S. The molecular weight excluding hydrogens is 358 g/mol. The number of para-hydroxylation sites is 2. The van der Waals surface area contributed by atoms with Crippen LogP contribution in [0, 0.1) is 0 Å². The van der Waals surface area contributed by atoms with Crippen LogP contribution in [0.1, 0.15) is 6.42 Å². The van der Waals surface area contributed by atoms with E-state index >= 15 is 0 Å². The predicted molar refractivity (Wildman–Crippen MR) is 109 cm³/mol. The van der Waals surface area contributed by atoms with Crippen LogP contribution in [0.3, 0.4) is 0 Å². The zero-order valence-corrected chi connectivity index (χ0v) is 16.0. The first-order valence-corrected chi connectivity index (χ1v) is 10.3. The molecule has 140 valence electrons. The molecule has 0 radical (unpaired) electrons. The number of fused-ring (bicyclic) bond motifs is 1. The Morgan fingerprint density at radius 1 is 0.926 bits per heavy atom. The summed E-state index contributed by atoms with van der Waals surface area (Å²) in [6, 6.07) is 18.2. The number of nitrogens with zero attached hydrogens (tertiary/aromatic N) is 3. The van der Waals surface area contributed by atoms with E-state index in [1.807, 2.05) is 47.4 Å². The summed E-state index contributed by atoms with van der Waals surface area (Å²) in [6.07, 6.45) is 0.371. The number of rotatable bonds is 4. The largest absolute Gasteiger partial charge is 0.368 e. The minimum absolute atomic E-state index is 0.0837. The second kappa shape index (κ2) is 8.05. The van der Waals surface area contributed by atoms with Gasteiger partial charge < -0.3 is 14.7 Å². The second-order valence-electron chi connectivity index (χ2n) is 6.76. The molecule has 2 aliphatic rings. The summed E-state index contributed by atoms with van der Waals surface area (Å²) in [7, 11) is 0. The molecule has 1 saturated heterocycles. The van der Waals surface area contributed by atoms with Gasteiger partial charge in [0.1, 0.15) is 0 Å². The van der Waals surface area contributed by atoms with Gasteiger partial charge in [-0.2, -0.15) is 0 Å². The van der Waals surface area contributed by atoms with E-state index in [1.54, 1.807) is 16.7 Å². The van der Waals surface area contributed by atoms with E-state index in [9.17, 15) is 9.59 Å². The molecule has 2 aliphatic heterocycles. The van der Waals surface area contributed by atoms with Crippen LogP contribution in [-0.2, 0) is 9.59 Å². The molecule has 1 fully saturated rings. The summed E-state index contributed by atoms with van der Waals surface area (Å²) in [4.78, 5) is 32.1. The van der Waals surface area contributed by atoms with Gasteiger partial charge in [0.15, 0.2) is 0 Å². The molecule has 0 aromatic heterocycles. The fourth-order valence-electron chi connectivity index (χ4n) is 3.62. The highest BCUT2D eigenvalue weighted by atomic mass is 32.2. The topological polar surface area (TPSA) is 43.9 Å². The number of benzene rings is 2. The van der Waals surface area contributed by atoms with Crippen LogP contribution in [0.2, 0.25) is 0 Å². The number of anilines is 2. The summed E-state index contributed by atoms with van der Waals surface area (Å²) in [5.74, 6) is 0.660. The molecule has 5 nitrogen and oxygen atoms in total. The molecule has 6 heteroatoms. The molecule has 0 N–H and O–H groups in total. The van der Waals surface area contributed by atoms with Crippen LogP contribution < -0.4 is 9.80 Å². The highest BCUT2D eigenvalue weighted by molar-refractivity contribution is 8.00. The molecule has 2 aromatic rings. The van der Waals surface area contributed by atoms with Crippen LogP contribution in [0.15, 0.2) is 59.5 Å². The number of amides is 2.